The standard InChI is InChI=1S/C26H23ClN8O4.C24H21BClN7O4.C23H22ClN7O3.C7H6N2O4.2ClH/c1-28-13-21(36)35-10-8-15(9-11-35)39-16-6-7-18(17(27)12-16)31-24(37)22-23(30-14-29-22)25(38)34-26-32-19-4-2-3-5-20(19)33-26;25-23(36)33-9-7-13(8-10-33)37-14-5-6-16(15(26)11-14)29-21(34)19-20(28-12-27-19)22(35)32-24-30-17-3-1-2-4-18(17)31-24;24-15-11-14(34-13-7-9-25-10-8-13)5-6-16(15)28-21(32)19-20(27-12-26-19)22(33)31-23-29-17-3-1-2-4-18(17)30-23;1-8-4-7(12)13-9-5(10)2-3-6(9)11;;/h2-7,12,14-15H,8-11,13H2,(H,29,30)(H,31,37)(H2,32,33,34,38);1-6,11-13H,7-10H2,(H,27,28)(H,29,34)(H2,30,31,32,35);1-6,11-13,25H,7-10H2,(H,26,27)(H,28,32)(H2,29,30,31,33);2-4H2;2*1H. The van der Waals surface area contributed by atoms with Crippen molar-refractivity contribution in [2.45, 2.75) is 69.7 Å². The van der Waals surface area contributed by atoms with Crippen LogP contribution in [0.2, 0.25) is 15.1 Å². The van der Waals surface area contributed by atoms with E-state index in [-0.39, 0.29) is 130 Å². The van der Waals surface area contributed by atoms with Crippen LogP contribution in [0.5, 0.6) is 17.2 Å². The highest BCUT2D eigenvalue weighted by Crippen LogP contribution is 2.34. The van der Waals surface area contributed by atoms with Gasteiger partial charge in [0.25, 0.3) is 53.8 Å². The van der Waals surface area contributed by atoms with Crippen molar-refractivity contribution < 1.29 is 71.8 Å². The Morgan fingerprint density at radius 2 is 0.784 bits per heavy atom. The third-order valence-electron chi connectivity index (χ3n) is 19.0. The van der Waals surface area contributed by atoms with Gasteiger partial charge in [-0.05, 0) is 98.7 Å². The summed E-state index contributed by atoms with van der Waals surface area (Å²) in [5.41, 5.74) is 5.07. The number of nitrogens with one attached hydrogen (secondary N) is 13. The molecule has 642 valence electrons. The zero-order chi connectivity index (χ0) is 86.6. The Morgan fingerprint density at radius 1 is 0.448 bits per heavy atom. The summed E-state index contributed by atoms with van der Waals surface area (Å²) in [4.78, 5) is 188. The molecule has 6 aromatic carbocycles. The number of fused-ring (bicyclic) bond motifs is 3. The molecule has 4 aliphatic rings. The second kappa shape index (κ2) is 42.9. The number of likely N-dealkylation sites (tertiary alicyclic amines) is 2. The molecule has 45 heteroatoms. The SMILES string of the molecule is Cl.Cl.O=C(Nc1ccc(OC2CCNCC2)cc1Cl)c1nc[nH]c1C(=O)Nc1nc2ccccc2[nH]1.[B]C(=O)N1CCC(Oc2ccc(NC(=O)c3nc[nH]c3C(=O)Nc3nc4ccccc4[nH]3)c(Cl)c2)CC1.[C-]#[N+]CC(=O)N1CCC(Oc2ccc(NC(=O)c3nc[nH]c3C(=O)Nc3nc4ccccc4[nH]3)c(Cl)c2)CC1.[C-]#[N+]CC(=O)ON1C(=O)CCC1=O. The molecule has 10 heterocycles. The number of nitrogens with zero attached hydrogens (tertiary/aromatic N) is 11. The maximum Gasteiger partial charge on any atom is 0.412 e. The van der Waals surface area contributed by atoms with Gasteiger partial charge in [0.05, 0.1) is 84.2 Å². The van der Waals surface area contributed by atoms with E-state index in [2.05, 4.69) is 112 Å². The van der Waals surface area contributed by atoms with E-state index >= 15 is 0 Å². The van der Waals surface area contributed by atoms with Gasteiger partial charge in [0.2, 0.25) is 25.7 Å². The van der Waals surface area contributed by atoms with E-state index in [1.807, 2.05) is 66.7 Å². The number of anilines is 6. The van der Waals surface area contributed by atoms with Crippen LogP contribution in [0.4, 0.5) is 39.7 Å². The second-order valence-corrected chi connectivity index (χ2v) is 28.6. The van der Waals surface area contributed by atoms with Crippen LogP contribution in [0, 0.1) is 13.1 Å². The highest BCUT2D eigenvalue weighted by molar-refractivity contribution is 6.57. The molecule has 125 heavy (non-hydrogen) atoms. The number of hydrogen-bond donors (Lipinski definition) is 13. The number of piperidine rings is 3. The van der Waals surface area contributed by atoms with E-state index < -0.39 is 65.6 Å². The minimum Gasteiger partial charge on any atom is -0.490 e. The molecule has 4 fully saturated rings. The second-order valence-electron chi connectivity index (χ2n) is 27.4. The Labute approximate surface area is 737 Å². The van der Waals surface area contributed by atoms with E-state index in [4.69, 9.17) is 70.0 Å². The van der Waals surface area contributed by atoms with Crippen molar-refractivity contribution >= 4 is 200 Å². The van der Waals surface area contributed by atoms with Gasteiger partial charge in [-0.1, -0.05) is 71.2 Å². The van der Waals surface area contributed by atoms with Gasteiger partial charge in [0.15, 0.2) is 22.9 Å². The third-order valence-corrected chi connectivity index (χ3v) is 20.0. The topological polar surface area (TPSA) is 499 Å². The molecule has 16 rings (SSSR count). The molecule has 39 nitrogen and oxygen atoms in total. The molecule has 0 aliphatic carbocycles. The monoisotopic (exact) mass is 1800 g/mol. The maximum atomic E-state index is 12.9. The van der Waals surface area contributed by atoms with Gasteiger partial charge in [-0.2, -0.15) is 0 Å². The molecular weight excluding hydrogens is 1730 g/mol. The lowest BCUT2D eigenvalue weighted by Gasteiger charge is -2.32. The fourth-order valence-corrected chi connectivity index (χ4v) is 13.6. The number of para-hydroxylation sites is 6. The molecule has 0 spiro atoms. The normalized spacial score (nSPS) is 13.8. The summed E-state index contributed by atoms with van der Waals surface area (Å²) in [6, 6.07) is 36.9. The van der Waals surface area contributed by atoms with Crippen LogP contribution in [0.3, 0.4) is 0 Å². The van der Waals surface area contributed by atoms with Crippen LogP contribution in [0.25, 0.3) is 42.8 Å². The van der Waals surface area contributed by atoms with Crippen LogP contribution in [-0.2, 0) is 24.0 Å². The molecule has 13 N–H and O–H groups in total. The highest BCUT2D eigenvalue weighted by atomic mass is 35.5. The van der Waals surface area contributed by atoms with Crippen molar-refractivity contribution in [3.8, 4) is 17.2 Å². The van der Waals surface area contributed by atoms with Crippen molar-refractivity contribution in [1.29, 1.82) is 0 Å². The van der Waals surface area contributed by atoms with Gasteiger partial charge in [-0.3, -0.25) is 63.9 Å². The molecule has 4 aliphatic heterocycles. The summed E-state index contributed by atoms with van der Waals surface area (Å²) >= 11 is 19.2. The zero-order valence-electron chi connectivity index (χ0n) is 65.5. The van der Waals surface area contributed by atoms with Crippen molar-refractivity contribution in [2.24, 2.45) is 0 Å². The number of hydrogen-bond acceptors (Lipinski definition) is 22. The first kappa shape index (κ1) is 91.3. The van der Waals surface area contributed by atoms with E-state index in [0.717, 1.165) is 42.5 Å². The molecule has 12 aromatic rings. The Kier molecular flexibility index (Phi) is 31.3. The number of rotatable bonds is 21. The Bertz CT molecular complexity index is 5960. The lowest BCUT2D eigenvalue weighted by molar-refractivity contribution is -0.195. The minimum atomic E-state index is -0.890. The van der Waals surface area contributed by atoms with Crippen LogP contribution < -0.4 is 51.4 Å². The average Bonchev–Trinajstić information content (AvgIpc) is 1.52. The Morgan fingerprint density at radius 3 is 1.11 bits per heavy atom. The van der Waals surface area contributed by atoms with Crippen LogP contribution in [0.1, 0.15) is 114 Å². The van der Waals surface area contributed by atoms with Crippen LogP contribution in [0.15, 0.2) is 146 Å². The number of amides is 10. The number of aromatic nitrogens is 12. The van der Waals surface area contributed by atoms with Crippen molar-refractivity contribution in [1.82, 2.24) is 80.0 Å². The molecular formula is C80H74BCl5N24O15. The molecule has 0 saturated carbocycles. The summed E-state index contributed by atoms with van der Waals surface area (Å²) in [5, 5.41) is 20.5. The Balaban J connectivity index is 0.000000169. The fraction of sp³-hybridized carbons (Fsp3) is 0.237. The van der Waals surface area contributed by atoms with Gasteiger partial charge in [-0.15, -0.1) is 29.9 Å². The predicted octanol–water partition coefficient (Wildman–Crippen LogP) is 11.2. The number of imidazole rings is 6. The zero-order valence-corrected chi connectivity index (χ0v) is 69.4. The third kappa shape index (κ3) is 23.9. The van der Waals surface area contributed by atoms with E-state index in [0.29, 0.717) is 113 Å². The predicted molar refractivity (Wildman–Crippen MR) is 464 cm³/mol. The molecule has 6 aromatic heterocycles. The number of carbonyl (C=O) groups is 11. The van der Waals surface area contributed by atoms with Crippen molar-refractivity contribution in [3.05, 3.63) is 218 Å². The van der Waals surface area contributed by atoms with Gasteiger partial charge in [0, 0.05) is 82.9 Å². The lowest BCUT2D eigenvalue weighted by Crippen LogP contribution is -2.42. The lowest BCUT2D eigenvalue weighted by atomic mass is 10.0. The Hall–Kier alpha value is -14.4. The molecule has 0 unspecified atom stereocenters. The number of carbonyl (C=O) groups excluding carboxylic acids is 11. The number of ether oxygens (including phenoxy) is 3. The molecule has 0 atom stereocenters. The fourth-order valence-electron chi connectivity index (χ4n) is 12.9. The van der Waals surface area contributed by atoms with Crippen LogP contribution >= 0.6 is 59.6 Å². The number of aromatic amines is 6. The summed E-state index contributed by atoms with van der Waals surface area (Å²) < 4.78 is 18.0. The minimum absolute atomic E-state index is 0. The molecule has 10 amide bonds. The van der Waals surface area contributed by atoms with E-state index in [1.165, 1.54) is 19.0 Å². The summed E-state index contributed by atoms with van der Waals surface area (Å²) in [6.07, 6.45) is 8.28. The number of hydroxylamine groups is 2. The smallest absolute Gasteiger partial charge is 0.412 e. The van der Waals surface area contributed by atoms with Gasteiger partial charge in [-0.25, -0.2) is 47.8 Å². The van der Waals surface area contributed by atoms with Gasteiger partial charge >= 0.3 is 18.4 Å². The summed E-state index contributed by atoms with van der Waals surface area (Å²) in [5.74, 6) is -3.69. The quantitative estimate of drug-likeness (QED) is 0.0180. The van der Waals surface area contributed by atoms with Gasteiger partial charge in [0.1, 0.15) is 52.6 Å². The summed E-state index contributed by atoms with van der Waals surface area (Å²) in [6.45, 7) is 16.5. The first-order chi connectivity index (χ1) is 59.5. The summed E-state index contributed by atoms with van der Waals surface area (Å²) in [7, 11) is 5.31. The number of benzene rings is 6. The van der Waals surface area contributed by atoms with Crippen molar-refractivity contribution in [3.63, 3.8) is 0 Å². The first-order valence-corrected chi connectivity index (χ1v) is 39.1. The number of H-pyrrole nitrogens is 6. The largest absolute Gasteiger partial charge is 0.490 e. The van der Waals surface area contributed by atoms with Crippen LogP contribution in [-0.4, -0.2) is 218 Å². The highest BCUT2D eigenvalue weighted by Gasteiger charge is 2.34. The molecule has 4 saturated heterocycles. The molecule has 0 bridgehead atoms. The average molecular weight is 1800 g/mol. The van der Waals surface area contributed by atoms with Crippen molar-refractivity contribution in [2.75, 3.05) is 84.3 Å². The maximum absolute atomic E-state index is 12.9. The first-order valence-electron chi connectivity index (χ1n) is 38.0. The van der Waals surface area contributed by atoms with Gasteiger partial charge < -0.3 is 89.7 Å². The molecule has 2 radical (unpaired) electrons. The number of imide groups is 1. The van der Waals surface area contributed by atoms with E-state index in [9.17, 15) is 52.7 Å². The number of halogens is 5. The van der Waals surface area contributed by atoms with E-state index in [1.54, 1.807) is 70.5 Å².